The largest absolute Gasteiger partial charge is 0.464 e. The molecule has 96 valence electrons. The van der Waals surface area contributed by atoms with Gasteiger partial charge in [-0.1, -0.05) is 6.07 Å². The summed E-state index contributed by atoms with van der Waals surface area (Å²) >= 11 is 0. The number of aromatic nitrogens is 2. The Kier molecular flexibility index (Phi) is 3.34. The van der Waals surface area contributed by atoms with Crippen LogP contribution in [0.1, 0.15) is 34.8 Å². The number of pyridine rings is 1. The monoisotopic (exact) mass is 247 g/mol. The highest BCUT2D eigenvalue weighted by atomic mass is 16.5. The van der Waals surface area contributed by atoms with Crippen molar-refractivity contribution < 1.29 is 9.53 Å². The molecule has 2 aromatic rings. The van der Waals surface area contributed by atoms with Crippen molar-refractivity contribution in [3.8, 4) is 0 Å². The molecule has 0 aliphatic heterocycles. The van der Waals surface area contributed by atoms with E-state index in [1.165, 1.54) is 7.11 Å². The van der Waals surface area contributed by atoms with E-state index in [1.54, 1.807) is 0 Å². The molecular formula is C13H17N3O2. The minimum Gasteiger partial charge on any atom is -0.464 e. The third-order valence-electron chi connectivity index (χ3n) is 3.09. The van der Waals surface area contributed by atoms with Gasteiger partial charge >= 0.3 is 5.97 Å². The Bertz CT molecular complexity index is 589. The van der Waals surface area contributed by atoms with Gasteiger partial charge in [-0.25, -0.2) is 9.78 Å². The molecule has 2 aromatic heterocycles. The number of carbonyl (C=O) groups excluding carboxylic acids is 1. The molecule has 5 nitrogen and oxygen atoms in total. The van der Waals surface area contributed by atoms with Gasteiger partial charge in [0.2, 0.25) is 0 Å². The SMILES string of the molecule is CNC(C)c1nc(C(=O)OC)c2c(C)cccn12. The number of ether oxygens (including phenoxy) is 1. The first kappa shape index (κ1) is 12.6. The maximum Gasteiger partial charge on any atom is 0.358 e. The normalized spacial score (nSPS) is 12.7. The Labute approximate surface area is 106 Å². The van der Waals surface area contributed by atoms with E-state index in [1.807, 2.05) is 43.6 Å². The molecule has 0 spiro atoms. The molecule has 0 bridgehead atoms. The van der Waals surface area contributed by atoms with Crippen LogP contribution in [0.2, 0.25) is 0 Å². The fourth-order valence-electron chi connectivity index (χ4n) is 2.00. The van der Waals surface area contributed by atoms with Gasteiger partial charge in [-0.15, -0.1) is 0 Å². The molecule has 0 fully saturated rings. The van der Waals surface area contributed by atoms with Crippen molar-refractivity contribution in [1.29, 1.82) is 0 Å². The predicted octanol–water partition coefficient (Wildman–Crippen LogP) is 1.71. The van der Waals surface area contributed by atoms with Crippen LogP contribution in [0.25, 0.3) is 5.52 Å². The molecular weight excluding hydrogens is 230 g/mol. The molecule has 0 aliphatic carbocycles. The average Bonchev–Trinajstić information content (AvgIpc) is 2.78. The molecule has 1 atom stereocenters. The number of rotatable bonds is 3. The van der Waals surface area contributed by atoms with Gasteiger partial charge in [-0.3, -0.25) is 0 Å². The molecule has 0 saturated carbocycles. The molecule has 5 heteroatoms. The van der Waals surface area contributed by atoms with Crippen LogP contribution < -0.4 is 5.32 Å². The van der Waals surface area contributed by atoms with Crippen LogP contribution in [0.4, 0.5) is 0 Å². The van der Waals surface area contributed by atoms with E-state index in [-0.39, 0.29) is 6.04 Å². The number of esters is 1. The lowest BCUT2D eigenvalue weighted by atomic mass is 10.2. The van der Waals surface area contributed by atoms with Crippen molar-refractivity contribution in [3.05, 3.63) is 35.4 Å². The number of carbonyl (C=O) groups is 1. The standard InChI is InChI=1S/C13H17N3O2/c1-8-6-5-7-16-11(8)10(13(17)18-4)15-12(16)9(2)14-3/h5-7,9,14H,1-4H3. The van der Waals surface area contributed by atoms with Crippen molar-refractivity contribution in [3.63, 3.8) is 0 Å². The molecule has 0 radical (unpaired) electrons. The Balaban J connectivity index is 2.75. The second kappa shape index (κ2) is 4.78. The van der Waals surface area contributed by atoms with Crippen molar-refractivity contribution in [2.75, 3.05) is 14.2 Å². The van der Waals surface area contributed by atoms with Gasteiger partial charge in [0.25, 0.3) is 0 Å². The van der Waals surface area contributed by atoms with Gasteiger partial charge in [0.05, 0.1) is 18.7 Å². The summed E-state index contributed by atoms with van der Waals surface area (Å²) < 4.78 is 6.72. The van der Waals surface area contributed by atoms with E-state index in [0.717, 1.165) is 16.9 Å². The smallest absolute Gasteiger partial charge is 0.358 e. The predicted molar refractivity (Wildman–Crippen MR) is 68.7 cm³/mol. The first-order chi connectivity index (χ1) is 8.60. The Hall–Kier alpha value is -1.88. The summed E-state index contributed by atoms with van der Waals surface area (Å²) in [5, 5.41) is 3.13. The highest BCUT2D eigenvalue weighted by Gasteiger charge is 2.21. The highest BCUT2D eigenvalue weighted by Crippen LogP contribution is 2.21. The van der Waals surface area contributed by atoms with Gasteiger partial charge in [0.15, 0.2) is 5.69 Å². The Morgan fingerprint density at radius 1 is 1.56 bits per heavy atom. The quantitative estimate of drug-likeness (QED) is 0.839. The third kappa shape index (κ3) is 1.86. The molecule has 0 aromatic carbocycles. The molecule has 0 saturated heterocycles. The minimum absolute atomic E-state index is 0.0534. The number of hydrogen-bond donors (Lipinski definition) is 1. The third-order valence-corrected chi connectivity index (χ3v) is 3.09. The maximum atomic E-state index is 11.8. The maximum absolute atomic E-state index is 11.8. The molecule has 18 heavy (non-hydrogen) atoms. The van der Waals surface area contributed by atoms with Crippen molar-refractivity contribution in [2.45, 2.75) is 19.9 Å². The van der Waals surface area contributed by atoms with E-state index in [9.17, 15) is 4.79 Å². The summed E-state index contributed by atoms with van der Waals surface area (Å²) in [6.45, 7) is 3.95. The van der Waals surface area contributed by atoms with Gasteiger partial charge in [-0.05, 0) is 32.5 Å². The van der Waals surface area contributed by atoms with E-state index >= 15 is 0 Å². The van der Waals surface area contributed by atoms with Gasteiger partial charge in [0.1, 0.15) is 5.82 Å². The highest BCUT2D eigenvalue weighted by molar-refractivity contribution is 5.96. The zero-order chi connectivity index (χ0) is 13.3. The fourth-order valence-corrected chi connectivity index (χ4v) is 2.00. The van der Waals surface area contributed by atoms with Crippen LogP contribution in [-0.4, -0.2) is 29.5 Å². The molecule has 2 rings (SSSR count). The van der Waals surface area contributed by atoms with E-state index in [4.69, 9.17) is 4.74 Å². The molecule has 1 N–H and O–H groups in total. The first-order valence-electron chi connectivity index (χ1n) is 5.83. The summed E-state index contributed by atoms with van der Waals surface area (Å²) in [5.74, 6) is 0.396. The van der Waals surface area contributed by atoms with Crippen LogP contribution in [0.15, 0.2) is 18.3 Å². The van der Waals surface area contributed by atoms with Crippen molar-refractivity contribution in [2.24, 2.45) is 0 Å². The van der Waals surface area contributed by atoms with E-state index in [0.29, 0.717) is 5.69 Å². The summed E-state index contributed by atoms with van der Waals surface area (Å²) in [7, 11) is 3.23. The average molecular weight is 247 g/mol. The van der Waals surface area contributed by atoms with Crippen LogP contribution in [-0.2, 0) is 4.74 Å². The second-order valence-corrected chi connectivity index (χ2v) is 4.23. The zero-order valence-corrected chi connectivity index (χ0v) is 11.0. The molecule has 2 heterocycles. The summed E-state index contributed by atoms with van der Waals surface area (Å²) in [5.41, 5.74) is 2.18. The Morgan fingerprint density at radius 2 is 2.28 bits per heavy atom. The van der Waals surface area contributed by atoms with Gasteiger partial charge in [-0.2, -0.15) is 0 Å². The van der Waals surface area contributed by atoms with Crippen molar-refractivity contribution >= 4 is 11.5 Å². The Morgan fingerprint density at radius 3 is 2.89 bits per heavy atom. The van der Waals surface area contributed by atoms with Gasteiger partial charge < -0.3 is 14.5 Å². The molecule has 0 aliphatic rings. The topological polar surface area (TPSA) is 55.6 Å². The van der Waals surface area contributed by atoms with Crippen LogP contribution in [0.3, 0.4) is 0 Å². The number of methoxy groups -OCH3 is 1. The number of nitrogens with one attached hydrogen (secondary N) is 1. The summed E-state index contributed by atoms with van der Waals surface area (Å²) in [4.78, 5) is 16.2. The van der Waals surface area contributed by atoms with Crippen LogP contribution >= 0.6 is 0 Å². The van der Waals surface area contributed by atoms with Crippen molar-refractivity contribution in [1.82, 2.24) is 14.7 Å². The fraction of sp³-hybridized carbons (Fsp3) is 0.385. The lowest BCUT2D eigenvalue weighted by molar-refractivity contribution is 0.0596. The minimum atomic E-state index is -0.406. The number of fused-ring (bicyclic) bond motifs is 1. The zero-order valence-electron chi connectivity index (χ0n) is 11.0. The van der Waals surface area contributed by atoms with Crippen LogP contribution in [0.5, 0.6) is 0 Å². The van der Waals surface area contributed by atoms with Gasteiger partial charge in [0, 0.05) is 6.20 Å². The second-order valence-electron chi connectivity index (χ2n) is 4.23. The molecule has 0 amide bonds. The number of imidazole rings is 1. The van der Waals surface area contributed by atoms with E-state index in [2.05, 4.69) is 10.3 Å². The lowest BCUT2D eigenvalue weighted by Gasteiger charge is -2.08. The summed E-state index contributed by atoms with van der Waals surface area (Å²) in [6, 6.07) is 3.95. The van der Waals surface area contributed by atoms with Crippen LogP contribution in [0, 0.1) is 6.92 Å². The van der Waals surface area contributed by atoms with E-state index < -0.39 is 5.97 Å². The first-order valence-corrected chi connectivity index (χ1v) is 5.83. The summed E-state index contributed by atoms with van der Waals surface area (Å²) in [6.07, 6.45) is 1.91. The lowest BCUT2D eigenvalue weighted by Crippen LogP contribution is -2.15. The molecule has 1 unspecified atom stereocenters. The number of aryl methyl sites for hydroxylation is 1. The number of hydrogen-bond acceptors (Lipinski definition) is 4. The number of nitrogens with zero attached hydrogens (tertiary/aromatic N) is 2.